The zero-order valence-corrected chi connectivity index (χ0v) is 11.1. The lowest BCUT2D eigenvalue weighted by Crippen LogP contribution is -2.28. The third-order valence-corrected chi connectivity index (χ3v) is 3.55. The molecule has 1 fully saturated rings. The highest BCUT2D eigenvalue weighted by atomic mass is 16.5. The van der Waals surface area contributed by atoms with Crippen molar-refractivity contribution in [3.8, 4) is 17.6 Å². The lowest BCUT2D eigenvalue weighted by molar-refractivity contribution is 0.427. The number of hydrogen-bond donors (Lipinski definition) is 2. The standard InChI is InChI=1S/C15H16N4O/c16-8-11-3-5-13(6-4-11)20-14-10-18-19-15(14)12-2-1-7-17-9-12/h3-6,10,12,17H,1-2,7,9H2,(H,18,19)/t12-/m0/s1. The Bertz CT molecular complexity index is 606. The molecular formula is C15H16N4O. The van der Waals surface area contributed by atoms with Gasteiger partial charge in [-0.15, -0.1) is 0 Å². The quantitative estimate of drug-likeness (QED) is 0.897. The van der Waals surface area contributed by atoms with Gasteiger partial charge in [0.05, 0.1) is 23.5 Å². The van der Waals surface area contributed by atoms with Gasteiger partial charge >= 0.3 is 0 Å². The van der Waals surface area contributed by atoms with Crippen LogP contribution in [-0.2, 0) is 0 Å². The number of H-pyrrole nitrogens is 1. The molecule has 0 amide bonds. The van der Waals surface area contributed by atoms with Crippen LogP contribution in [0.2, 0.25) is 0 Å². The number of aromatic nitrogens is 2. The molecule has 0 radical (unpaired) electrons. The first kappa shape index (κ1) is 12.7. The maximum atomic E-state index is 8.79. The largest absolute Gasteiger partial charge is 0.454 e. The molecule has 0 bridgehead atoms. The van der Waals surface area contributed by atoms with Crippen LogP contribution in [0.4, 0.5) is 0 Å². The number of nitrogens with one attached hydrogen (secondary N) is 2. The van der Waals surface area contributed by atoms with Crippen molar-refractivity contribution in [3.63, 3.8) is 0 Å². The Morgan fingerprint density at radius 3 is 2.85 bits per heavy atom. The summed E-state index contributed by atoms with van der Waals surface area (Å²) in [7, 11) is 0. The van der Waals surface area contributed by atoms with Crippen molar-refractivity contribution in [2.45, 2.75) is 18.8 Å². The summed E-state index contributed by atoms with van der Waals surface area (Å²) in [5.74, 6) is 1.90. The lowest BCUT2D eigenvalue weighted by Gasteiger charge is -2.22. The SMILES string of the molecule is N#Cc1ccc(Oc2cn[nH]c2[C@H]2CCCNC2)cc1. The summed E-state index contributed by atoms with van der Waals surface area (Å²) in [6.45, 7) is 2.03. The molecule has 0 unspecified atom stereocenters. The highest BCUT2D eigenvalue weighted by Gasteiger charge is 2.21. The van der Waals surface area contributed by atoms with Crippen LogP contribution < -0.4 is 10.1 Å². The Kier molecular flexibility index (Phi) is 3.66. The smallest absolute Gasteiger partial charge is 0.168 e. The fourth-order valence-corrected chi connectivity index (χ4v) is 2.48. The normalized spacial score (nSPS) is 18.4. The molecule has 5 heteroatoms. The van der Waals surface area contributed by atoms with Gasteiger partial charge in [-0.1, -0.05) is 0 Å². The van der Waals surface area contributed by atoms with E-state index in [-0.39, 0.29) is 0 Å². The number of ether oxygens (including phenoxy) is 1. The maximum absolute atomic E-state index is 8.79. The van der Waals surface area contributed by atoms with E-state index in [1.807, 2.05) is 0 Å². The van der Waals surface area contributed by atoms with Gasteiger partial charge in [0.15, 0.2) is 5.75 Å². The molecule has 1 aliphatic heterocycles. The molecule has 2 aromatic rings. The topological polar surface area (TPSA) is 73.7 Å². The van der Waals surface area contributed by atoms with Gasteiger partial charge in [0, 0.05) is 12.5 Å². The second kappa shape index (κ2) is 5.76. The van der Waals surface area contributed by atoms with Crippen LogP contribution in [0.1, 0.15) is 30.0 Å². The van der Waals surface area contributed by atoms with E-state index in [9.17, 15) is 0 Å². The van der Waals surface area contributed by atoms with Crippen LogP contribution in [-0.4, -0.2) is 23.3 Å². The van der Waals surface area contributed by atoms with Crippen molar-refractivity contribution < 1.29 is 4.74 Å². The third kappa shape index (κ3) is 2.65. The van der Waals surface area contributed by atoms with Gasteiger partial charge in [-0.25, -0.2) is 0 Å². The Hall–Kier alpha value is -2.32. The van der Waals surface area contributed by atoms with Crippen molar-refractivity contribution in [1.82, 2.24) is 15.5 Å². The number of nitrogens with zero attached hydrogens (tertiary/aromatic N) is 2. The van der Waals surface area contributed by atoms with Crippen molar-refractivity contribution in [1.29, 1.82) is 5.26 Å². The molecule has 2 N–H and O–H groups in total. The van der Waals surface area contributed by atoms with E-state index in [0.29, 0.717) is 11.5 Å². The van der Waals surface area contributed by atoms with Crippen molar-refractivity contribution >= 4 is 0 Å². The predicted molar refractivity (Wildman–Crippen MR) is 74.7 cm³/mol. The van der Waals surface area contributed by atoms with Crippen LogP contribution in [0.5, 0.6) is 11.5 Å². The maximum Gasteiger partial charge on any atom is 0.168 e. The minimum Gasteiger partial charge on any atom is -0.454 e. The molecular weight excluding hydrogens is 252 g/mol. The summed E-state index contributed by atoms with van der Waals surface area (Å²) in [6, 6.07) is 9.19. The number of benzene rings is 1. The van der Waals surface area contributed by atoms with Crippen LogP contribution in [0.25, 0.3) is 0 Å². The monoisotopic (exact) mass is 268 g/mol. The number of aromatic amines is 1. The summed E-state index contributed by atoms with van der Waals surface area (Å²) in [6.07, 6.45) is 4.01. The van der Waals surface area contributed by atoms with Crippen molar-refractivity contribution in [3.05, 3.63) is 41.7 Å². The van der Waals surface area contributed by atoms with Crippen LogP contribution >= 0.6 is 0 Å². The Balaban J connectivity index is 1.77. The second-order valence-electron chi connectivity index (χ2n) is 4.93. The minimum atomic E-state index is 0.416. The first-order valence-electron chi connectivity index (χ1n) is 6.79. The Labute approximate surface area is 117 Å². The summed E-state index contributed by atoms with van der Waals surface area (Å²) >= 11 is 0. The molecule has 0 spiro atoms. The van der Waals surface area contributed by atoms with E-state index in [2.05, 4.69) is 21.6 Å². The first-order chi connectivity index (χ1) is 9.86. The van der Waals surface area contributed by atoms with E-state index < -0.39 is 0 Å². The molecule has 1 aliphatic rings. The summed E-state index contributed by atoms with van der Waals surface area (Å²) in [5.41, 5.74) is 1.67. The number of rotatable bonds is 3. The van der Waals surface area contributed by atoms with Crippen LogP contribution in [0.3, 0.4) is 0 Å². The average Bonchev–Trinajstić information content (AvgIpc) is 2.97. The summed E-state index contributed by atoms with van der Waals surface area (Å²) < 4.78 is 5.87. The van der Waals surface area contributed by atoms with E-state index in [1.165, 1.54) is 6.42 Å². The van der Waals surface area contributed by atoms with Crippen molar-refractivity contribution in [2.75, 3.05) is 13.1 Å². The molecule has 1 aromatic carbocycles. The molecule has 102 valence electrons. The van der Waals surface area contributed by atoms with E-state index in [1.54, 1.807) is 30.5 Å². The van der Waals surface area contributed by atoms with E-state index in [0.717, 1.165) is 36.7 Å². The highest BCUT2D eigenvalue weighted by Crippen LogP contribution is 2.32. The van der Waals surface area contributed by atoms with Crippen LogP contribution in [0.15, 0.2) is 30.5 Å². The molecule has 3 rings (SSSR count). The molecule has 20 heavy (non-hydrogen) atoms. The van der Waals surface area contributed by atoms with Gasteiger partial charge < -0.3 is 10.1 Å². The van der Waals surface area contributed by atoms with E-state index in [4.69, 9.17) is 10.00 Å². The van der Waals surface area contributed by atoms with Gasteiger partial charge in [0.25, 0.3) is 0 Å². The average molecular weight is 268 g/mol. The Morgan fingerprint density at radius 1 is 1.30 bits per heavy atom. The highest BCUT2D eigenvalue weighted by molar-refractivity contribution is 5.38. The van der Waals surface area contributed by atoms with Crippen molar-refractivity contribution in [2.24, 2.45) is 0 Å². The lowest BCUT2D eigenvalue weighted by atomic mass is 9.96. The molecule has 1 saturated heterocycles. The minimum absolute atomic E-state index is 0.416. The third-order valence-electron chi connectivity index (χ3n) is 3.55. The molecule has 1 aromatic heterocycles. The van der Waals surface area contributed by atoms with E-state index >= 15 is 0 Å². The molecule has 0 aliphatic carbocycles. The molecule has 5 nitrogen and oxygen atoms in total. The van der Waals surface area contributed by atoms with Gasteiger partial charge in [-0.05, 0) is 43.7 Å². The summed E-state index contributed by atoms with van der Waals surface area (Å²) in [4.78, 5) is 0. The second-order valence-corrected chi connectivity index (χ2v) is 4.93. The zero-order valence-electron chi connectivity index (χ0n) is 11.1. The summed E-state index contributed by atoms with van der Waals surface area (Å²) in [5, 5.41) is 19.3. The van der Waals surface area contributed by atoms with Gasteiger partial charge in [0.1, 0.15) is 5.75 Å². The fraction of sp³-hybridized carbons (Fsp3) is 0.333. The van der Waals surface area contributed by atoms with Gasteiger partial charge in [0.2, 0.25) is 0 Å². The number of hydrogen-bond acceptors (Lipinski definition) is 4. The number of nitriles is 1. The first-order valence-corrected chi connectivity index (χ1v) is 6.79. The van der Waals surface area contributed by atoms with Gasteiger partial charge in [-0.2, -0.15) is 10.4 Å². The zero-order chi connectivity index (χ0) is 13.8. The Morgan fingerprint density at radius 2 is 2.15 bits per heavy atom. The number of piperidine rings is 1. The van der Waals surface area contributed by atoms with Crippen LogP contribution in [0, 0.1) is 11.3 Å². The van der Waals surface area contributed by atoms with Gasteiger partial charge in [-0.3, -0.25) is 5.10 Å². The predicted octanol–water partition coefficient (Wildman–Crippen LogP) is 2.54. The molecule has 2 heterocycles. The fourth-order valence-electron chi connectivity index (χ4n) is 2.48. The molecule has 0 saturated carbocycles. The molecule has 1 atom stereocenters.